The molecule has 0 radical (unpaired) electrons. The summed E-state index contributed by atoms with van der Waals surface area (Å²) in [5.74, 6) is 3.40. The van der Waals surface area contributed by atoms with Crippen LogP contribution in [0.15, 0.2) is 97.1 Å². The van der Waals surface area contributed by atoms with Gasteiger partial charge in [-0.1, -0.05) is 71.8 Å². The van der Waals surface area contributed by atoms with Crippen LogP contribution >= 0.6 is 18.5 Å². The van der Waals surface area contributed by atoms with Crippen LogP contribution in [-0.2, 0) is 27.6 Å². The first-order chi connectivity index (χ1) is 23.6. The van der Waals surface area contributed by atoms with Crippen molar-refractivity contribution in [3.05, 3.63) is 108 Å². The molecule has 4 aromatic rings. The molecule has 2 heterocycles. The molecule has 6 aliphatic rings. The van der Waals surface area contributed by atoms with Crippen LogP contribution in [0.4, 0.5) is 0 Å². The van der Waals surface area contributed by atoms with Crippen LogP contribution in [-0.4, -0.2) is 57.5 Å². The van der Waals surface area contributed by atoms with Gasteiger partial charge in [-0.05, 0) is 67.4 Å². The van der Waals surface area contributed by atoms with E-state index in [9.17, 15) is 0 Å². The van der Waals surface area contributed by atoms with E-state index >= 15 is 0 Å². The third-order valence-electron chi connectivity index (χ3n) is 12.9. The van der Waals surface area contributed by atoms with Gasteiger partial charge >= 0.3 is 0 Å². The Bertz CT molecular complexity index is 1550. The standard InChI is InChI=1S/C37H49N4P2.C5H5.Fe/c42-23-36(28-16-24-15-25(18-28)19-29(36)17-24)35-31(37(43,32-21-38-11-13-40-32)33-22-39-12-14-41-33)20-30(26-7-3-1-4-8-26)34(35)27-9-5-2-6-10-27;1-2-4-5-3-1;/h1-10,20,24-25,28-29,32-33,38-41H,11-19,21-23,42-43H2;1-5H;/q-1;-5;. The summed E-state index contributed by atoms with van der Waals surface area (Å²) in [6.07, 6.45) is 8.29. The number of benzene rings is 2. The normalized spacial score (nSPS) is 31.6. The largest absolute Gasteiger partial charge is 0.748 e. The molecule has 4 aromatic carbocycles. The second kappa shape index (κ2) is 15.5. The molecule has 6 fully saturated rings. The average Bonchev–Trinajstić information content (AvgIpc) is 3.87. The summed E-state index contributed by atoms with van der Waals surface area (Å²) in [5, 5.41) is 15.5. The zero-order chi connectivity index (χ0) is 32.6. The molecule has 4 saturated carbocycles. The van der Waals surface area contributed by atoms with Crippen LogP contribution in [0.3, 0.4) is 0 Å². The van der Waals surface area contributed by atoms with E-state index in [0.29, 0.717) is 12.1 Å². The van der Waals surface area contributed by atoms with Gasteiger partial charge in [0.2, 0.25) is 0 Å². The van der Waals surface area contributed by atoms with Gasteiger partial charge in [0.15, 0.2) is 0 Å². The van der Waals surface area contributed by atoms with Crippen LogP contribution in [0, 0.1) is 23.7 Å². The van der Waals surface area contributed by atoms with Crippen molar-refractivity contribution in [2.75, 3.05) is 45.4 Å². The molecular weight excluding hydrogens is 678 g/mol. The Morgan fingerprint density at radius 2 is 1.18 bits per heavy atom. The van der Waals surface area contributed by atoms with Crippen LogP contribution in [0.5, 0.6) is 0 Å². The second-order valence-electron chi connectivity index (χ2n) is 15.3. The first-order valence-electron chi connectivity index (χ1n) is 18.6. The van der Waals surface area contributed by atoms with Gasteiger partial charge in [0.1, 0.15) is 0 Å². The predicted octanol–water partition coefficient (Wildman–Crippen LogP) is 6.90. The van der Waals surface area contributed by atoms with Crippen molar-refractivity contribution in [2.24, 2.45) is 23.7 Å². The molecule has 0 spiro atoms. The first kappa shape index (κ1) is 35.7. The molecule has 266 valence electrons. The van der Waals surface area contributed by atoms with Crippen molar-refractivity contribution in [1.82, 2.24) is 21.3 Å². The van der Waals surface area contributed by atoms with Gasteiger partial charge in [0.05, 0.1) is 0 Å². The molecule has 2 aliphatic heterocycles. The summed E-state index contributed by atoms with van der Waals surface area (Å²) in [5.41, 5.74) is 9.10. The topological polar surface area (TPSA) is 48.1 Å². The Morgan fingerprint density at radius 3 is 1.63 bits per heavy atom. The molecule has 10 rings (SSSR count). The summed E-state index contributed by atoms with van der Waals surface area (Å²) >= 11 is 0. The number of hydrogen-bond donors (Lipinski definition) is 4. The quantitative estimate of drug-likeness (QED) is 0.0950. The molecule has 4 bridgehead atoms. The maximum absolute atomic E-state index is 4.03. The Kier molecular flexibility index (Phi) is 11.3. The fourth-order valence-electron chi connectivity index (χ4n) is 10.9. The molecule has 7 heteroatoms. The Morgan fingerprint density at radius 1 is 0.694 bits per heavy atom. The van der Waals surface area contributed by atoms with Gasteiger partial charge in [-0.15, -0.1) is 40.7 Å². The fraction of sp³-hybridized carbons (Fsp3) is 0.476. The monoisotopic (exact) mass is 732 g/mol. The van der Waals surface area contributed by atoms with Crippen LogP contribution in [0.25, 0.3) is 22.3 Å². The van der Waals surface area contributed by atoms with E-state index in [-0.39, 0.29) is 27.6 Å². The Balaban J connectivity index is 0.000000581. The minimum Gasteiger partial charge on any atom is -0.748 e. The van der Waals surface area contributed by atoms with Crippen molar-refractivity contribution in [2.45, 2.75) is 54.8 Å². The van der Waals surface area contributed by atoms with Crippen LogP contribution in [0.2, 0.25) is 0 Å². The minimum atomic E-state index is -0.172. The van der Waals surface area contributed by atoms with Crippen molar-refractivity contribution < 1.29 is 17.1 Å². The SMILES string of the molecule is PCC1([c-]2c(C(P)(C3CNCCN3)C3CNCCN3)cc(-c3ccccc3)c2-c2ccccc2)C2CC3CC(C2)CC1C3.[Fe].[cH-]1[cH-][cH-][cH-][cH-]1. The molecular formula is C42H54FeN4P2-6. The van der Waals surface area contributed by atoms with Gasteiger partial charge in [-0.2, -0.15) is 6.07 Å². The molecule has 4 aliphatic carbocycles. The number of piperazine rings is 2. The molecule has 2 saturated heterocycles. The predicted molar refractivity (Wildman–Crippen MR) is 209 cm³/mol. The zero-order valence-corrected chi connectivity index (χ0v) is 32.1. The minimum absolute atomic E-state index is 0. The third-order valence-corrected chi connectivity index (χ3v) is 14.7. The van der Waals surface area contributed by atoms with Gasteiger partial charge in [-0.3, -0.25) is 0 Å². The molecule has 49 heavy (non-hydrogen) atoms. The second-order valence-corrected chi connectivity index (χ2v) is 16.7. The van der Waals surface area contributed by atoms with Crippen LogP contribution in [0.1, 0.15) is 43.2 Å². The van der Waals surface area contributed by atoms with E-state index < -0.39 is 0 Å². The van der Waals surface area contributed by atoms with Gasteiger partial charge < -0.3 is 51.6 Å². The van der Waals surface area contributed by atoms with E-state index in [1.165, 1.54) is 54.4 Å². The smallest absolute Gasteiger partial charge is 0.0324 e. The van der Waals surface area contributed by atoms with E-state index in [0.717, 1.165) is 69.1 Å². The first-order valence-corrected chi connectivity index (χ1v) is 20.0. The Labute approximate surface area is 309 Å². The number of rotatable bonds is 7. The zero-order valence-electron chi connectivity index (χ0n) is 28.7. The summed E-state index contributed by atoms with van der Waals surface area (Å²) in [7, 11) is 6.85. The van der Waals surface area contributed by atoms with Gasteiger partial charge in [-0.25, -0.2) is 0 Å². The fourth-order valence-corrected chi connectivity index (χ4v) is 12.5. The van der Waals surface area contributed by atoms with E-state index in [2.05, 4.69) is 106 Å². The van der Waals surface area contributed by atoms with Crippen molar-refractivity contribution in [3.63, 3.8) is 0 Å². The Hall–Kier alpha value is -1.64. The molecule has 4 atom stereocenters. The maximum atomic E-state index is 4.03. The van der Waals surface area contributed by atoms with E-state index in [1.54, 1.807) is 11.1 Å². The molecule has 4 N–H and O–H groups in total. The summed E-state index contributed by atoms with van der Waals surface area (Å²) in [4.78, 5) is 0. The number of hydrogen-bond acceptors (Lipinski definition) is 4. The van der Waals surface area contributed by atoms with E-state index in [1.807, 2.05) is 30.3 Å². The molecule has 4 unspecified atom stereocenters. The summed E-state index contributed by atoms with van der Waals surface area (Å²) in [6, 6.07) is 36.0. The van der Waals surface area contributed by atoms with E-state index in [4.69, 9.17) is 0 Å². The van der Waals surface area contributed by atoms with Crippen LogP contribution < -0.4 is 21.3 Å². The summed E-state index contributed by atoms with van der Waals surface area (Å²) < 4.78 is 0. The third kappa shape index (κ3) is 6.51. The molecule has 4 nitrogen and oxygen atoms in total. The van der Waals surface area contributed by atoms with Gasteiger partial charge in [0.25, 0.3) is 0 Å². The molecule has 0 aromatic heterocycles. The summed E-state index contributed by atoms with van der Waals surface area (Å²) in [6.45, 7) is 6.06. The van der Waals surface area contributed by atoms with Crippen molar-refractivity contribution in [3.8, 4) is 22.3 Å². The van der Waals surface area contributed by atoms with Gasteiger partial charge in [0, 0.05) is 73.6 Å². The average molecular weight is 733 g/mol. The van der Waals surface area contributed by atoms with Crippen molar-refractivity contribution >= 4 is 18.5 Å². The number of nitrogens with one attached hydrogen (secondary N) is 4. The maximum Gasteiger partial charge on any atom is 0.0324 e. The van der Waals surface area contributed by atoms with Crippen molar-refractivity contribution in [1.29, 1.82) is 0 Å². The molecule has 0 amide bonds.